The predicted molar refractivity (Wildman–Crippen MR) is 321 cm³/mol. The molecule has 0 heterocycles. The quantitative estimate of drug-likeness (QED) is 0.0778. The maximum absolute atomic E-state index is 11.0. The number of benzene rings is 9. The van der Waals surface area contributed by atoms with Gasteiger partial charge in [0.15, 0.2) is 0 Å². The molecule has 9 rings (SSSR count). The zero-order valence-electron chi connectivity index (χ0n) is 37.2. The Morgan fingerprint density at radius 2 is 0.757 bits per heavy atom. The van der Waals surface area contributed by atoms with Crippen LogP contribution >= 0.6 is 165 Å². The van der Waals surface area contributed by atoms with E-state index in [1.807, 2.05) is 60.7 Å². The van der Waals surface area contributed by atoms with Crippen LogP contribution in [-0.2, 0) is 0 Å². The van der Waals surface area contributed by atoms with E-state index in [1.54, 1.807) is 48.2 Å². The average Bonchev–Trinajstić information content (AvgIpc) is 3.35. The number of hydrogen-bond acceptors (Lipinski definition) is 9. The first-order valence-corrected chi connectivity index (χ1v) is 26.4. The summed E-state index contributed by atoms with van der Waals surface area (Å²) in [4.78, 5) is 26.2. The number of fused-ring (bicyclic) bond motifs is 1. The summed E-state index contributed by atoms with van der Waals surface area (Å²) in [6.07, 6.45) is 0. The highest BCUT2D eigenvalue weighted by atomic mass is 35.5. The number of nitrogen functional groups attached to an aromatic ring is 2. The summed E-state index contributed by atoms with van der Waals surface area (Å²) in [5, 5.41) is 27.7. The normalized spacial score (nSPS) is 10.5. The van der Waals surface area contributed by atoms with Crippen molar-refractivity contribution in [1.82, 2.24) is 0 Å². The molecule has 0 bridgehead atoms. The number of nitro groups is 2. The topological polar surface area (TPSA) is 138 Å². The van der Waals surface area contributed by atoms with Gasteiger partial charge in [-0.3, -0.25) is 20.2 Å². The fourth-order valence-electron chi connectivity index (χ4n) is 6.63. The van der Waals surface area contributed by atoms with Crippen LogP contribution in [0.5, 0.6) is 0 Å². The van der Waals surface area contributed by atoms with Gasteiger partial charge in [0.1, 0.15) is 0 Å². The molecular formula is C52H33Cl11N4O4S3. The van der Waals surface area contributed by atoms with E-state index in [2.05, 4.69) is 30.3 Å². The molecule has 380 valence electrons. The first-order valence-electron chi connectivity index (χ1n) is 20.6. The molecule has 0 saturated heterocycles. The minimum Gasteiger partial charge on any atom is -0.399 e. The number of nitrogens with two attached hydrogens (primary N) is 2. The van der Waals surface area contributed by atoms with Crippen molar-refractivity contribution in [3.63, 3.8) is 0 Å². The van der Waals surface area contributed by atoms with Crippen molar-refractivity contribution in [3.8, 4) is 22.3 Å². The molecule has 9 aromatic carbocycles. The van der Waals surface area contributed by atoms with Gasteiger partial charge in [-0.2, -0.15) is 0 Å². The molecule has 0 fully saturated rings. The van der Waals surface area contributed by atoms with Crippen molar-refractivity contribution < 1.29 is 9.85 Å². The third kappa shape index (κ3) is 15.3. The summed E-state index contributed by atoms with van der Waals surface area (Å²) in [7, 11) is 0. The van der Waals surface area contributed by atoms with Crippen LogP contribution in [-0.4, -0.2) is 9.85 Å². The molecule has 0 atom stereocenters. The molecule has 0 aliphatic rings. The van der Waals surface area contributed by atoms with E-state index < -0.39 is 9.85 Å². The van der Waals surface area contributed by atoms with Crippen molar-refractivity contribution >= 4 is 198 Å². The van der Waals surface area contributed by atoms with Crippen molar-refractivity contribution in [2.24, 2.45) is 0 Å². The number of nitrogens with zero attached hydrogens (tertiary/aromatic N) is 2. The van der Waals surface area contributed by atoms with E-state index in [4.69, 9.17) is 116 Å². The lowest BCUT2D eigenvalue weighted by atomic mass is 10.1. The van der Waals surface area contributed by atoms with Gasteiger partial charge in [0.05, 0.1) is 55.1 Å². The smallest absolute Gasteiger partial charge is 0.270 e. The van der Waals surface area contributed by atoms with Crippen LogP contribution in [0.4, 0.5) is 22.7 Å². The number of nitro benzene ring substituents is 2. The third-order valence-electron chi connectivity index (χ3n) is 10.1. The summed E-state index contributed by atoms with van der Waals surface area (Å²) in [6, 6.07) is 48.4. The molecule has 0 aliphatic heterocycles. The molecule has 0 aliphatic carbocycles. The summed E-state index contributed by atoms with van der Waals surface area (Å²) in [5.74, 6) is 0. The SMILES string of the molecule is Cl.Cl.Nc1ccc(Sc2ccc3ccccc3c2)c(Cl)c1.Nc1ccc(Sc2ccccc2Cl)c(Cl)c1.O=[N+]([O-])c1ccc(-c2ccc(Sc3ccc(-c4ccc([N+](=O)[O-])cc4Cl)c(Cl)c3Cl)c(Cl)c2Cl)c(Cl)c1. The Kier molecular flexibility index (Phi) is 22.8. The van der Waals surface area contributed by atoms with Crippen LogP contribution in [0.2, 0.25) is 45.2 Å². The highest BCUT2D eigenvalue weighted by Crippen LogP contribution is 2.48. The Labute approximate surface area is 495 Å². The Bertz CT molecular complexity index is 3430. The van der Waals surface area contributed by atoms with Gasteiger partial charge in [-0.15, -0.1) is 24.8 Å². The first kappa shape index (κ1) is 60.7. The third-order valence-corrected chi connectivity index (χ3v) is 17.4. The first-order chi connectivity index (χ1) is 34.4. The second-order valence-electron chi connectivity index (χ2n) is 14.9. The standard InChI is InChI=1S/C24H10Cl6N2O4S.C16H12ClNS.C12H9Cl2NS.2ClH/c25-17-9-11(31(33)34)1-3-13(17)15-5-7-19(23(29)21(15)27)37-20-8-6-16(22(28)24(20)30)14-4-2-12(32(35)36)10-18(14)26;17-15-10-13(18)6-8-16(15)19-14-7-5-11-3-1-2-4-12(11)9-14;13-9-3-1-2-4-11(9)16-12-6-5-8(15)7-10(12)14;;/h1-10H;1-10H,18H2;1-7H,15H2;2*1H. The highest BCUT2D eigenvalue weighted by molar-refractivity contribution is 8.00. The zero-order valence-corrected chi connectivity index (χ0v) is 48.1. The lowest BCUT2D eigenvalue weighted by Gasteiger charge is -2.14. The fraction of sp³-hybridized carbons (Fsp3) is 0. The van der Waals surface area contributed by atoms with E-state index in [0.29, 0.717) is 53.5 Å². The molecule has 22 heteroatoms. The van der Waals surface area contributed by atoms with Gasteiger partial charge < -0.3 is 11.5 Å². The van der Waals surface area contributed by atoms with Crippen LogP contribution in [0.15, 0.2) is 193 Å². The molecule has 9 aromatic rings. The number of non-ortho nitro benzene ring substituents is 2. The molecule has 0 spiro atoms. The summed E-state index contributed by atoms with van der Waals surface area (Å²) in [6.45, 7) is 0. The molecule has 0 unspecified atom stereocenters. The predicted octanol–water partition coefficient (Wildman–Crippen LogP) is 21.7. The molecule has 0 saturated carbocycles. The van der Waals surface area contributed by atoms with Crippen molar-refractivity contribution in [1.29, 1.82) is 0 Å². The highest BCUT2D eigenvalue weighted by Gasteiger charge is 2.21. The van der Waals surface area contributed by atoms with Crippen molar-refractivity contribution in [3.05, 3.63) is 229 Å². The van der Waals surface area contributed by atoms with Crippen LogP contribution in [0, 0.1) is 20.2 Å². The molecule has 74 heavy (non-hydrogen) atoms. The molecule has 0 radical (unpaired) electrons. The van der Waals surface area contributed by atoms with Crippen LogP contribution in [0.3, 0.4) is 0 Å². The Hall–Kier alpha value is -4.12. The lowest BCUT2D eigenvalue weighted by molar-refractivity contribution is -0.385. The average molecular weight is 1260 g/mol. The summed E-state index contributed by atoms with van der Waals surface area (Å²) in [5.41, 5.74) is 14.4. The minimum absolute atomic E-state index is 0. The summed E-state index contributed by atoms with van der Waals surface area (Å²) < 4.78 is 0. The number of anilines is 2. The second kappa shape index (κ2) is 27.8. The Morgan fingerprint density at radius 1 is 0.351 bits per heavy atom. The molecule has 4 N–H and O–H groups in total. The van der Waals surface area contributed by atoms with E-state index in [-0.39, 0.29) is 66.3 Å². The van der Waals surface area contributed by atoms with Crippen LogP contribution in [0.25, 0.3) is 33.0 Å². The van der Waals surface area contributed by atoms with E-state index in [0.717, 1.165) is 19.7 Å². The van der Waals surface area contributed by atoms with Gasteiger partial charge in [-0.1, -0.05) is 194 Å². The number of halogens is 11. The van der Waals surface area contributed by atoms with E-state index >= 15 is 0 Å². The number of rotatable bonds is 10. The van der Waals surface area contributed by atoms with Gasteiger partial charge in [-0.05, 0) is 95.7 Å². The summed E-state index contributed by atoms with van der Waals surface area (Å²) >= 11 is 61.5. The minimum atomic E-state index is -0.542. The largest absolute Gasteiger partial charge is 0.399 e. The molecular weight excluding hydrogens is 1230 g/mol. The fourth-order valence-corrected chi connectivity index (χ4v) is 11.9. The van der Waals surface area contributed by atoms with Gasteiger partial charge in [-0.25, -0.2) is 0 Å². The van der Waals surface area contributed by atoms with Crippen molar-refractivity contribution in [2.75, 3.05) is 11.5 Å². The Morgan fingerprint density at radius 3 is 1.22 bits per heavy atom. The maximum atomic E-state index is 11.0. The van der Waals surface area contributed by atoms with Crippen molar-refractivity contribution in [2.45, 2.75) is 29.4 Å². The molecule has 0 aromatic heterocycles. The lowest BCUT2D eigenvalue weighted by Crippen LogP contribution is -1.91. The van der Waals surface area contributed by atoms with Gasteiger partial charge in [0.25, 0.3) is 11.4 Å². The molecule has 0 amide bonds. The molecule has 8 nitrogen and oxygen atoms in total. The van der Waals surface area contributed by atoms with Crippen LogP contribution < -0.4 is 11.5 Å². The van der Waals surface area contributed by atoms with E-state index in [1.165, 1.54) is 75.6 Å². The van der Waals surface area contributed by atoms with Gasteiger partial charge in [0.2, 0.25) is 0 Å². The van der Waals surface area contributed by atoms with Crippen LogP contribution in [0.1, 0.15) is 0 Å². The van der Waals surface area contributed by atoms with Gasteiger partial charge >= 0.3 is 0 Å². The van der Waals surface area contributed by atoms with Gasteiger partial charge in [0, 0.05) is 87.3 Å². The zero-order chi connectivity index (χ0) is 51.8. The maximum Gasteiger partial charge on any atom is 0.270 e. The number of hydrogen-bond donors (Lipinski definition) is 2. The Balaban J connectivity index is 0.000000228. The monoisotopic (exact) mass is 1260 g/mol. The van der Waals surface area contributed by atoms with E-state index in [9.17, 15) is 20.2 Å². The second-order valence-corrected chi connectivity index (χ2v) is 21.8.